The van der Waals surface area contributed by atoms with Crippen molar-refractivity contribution in [2.75, 3.05) is 4.90 Å². The molecule has 0 aliphatic rings. The van der Waals surface area contributed by atoms with Gasteiger partial charge in [-0.05, 0) is 100.0 Å². The van der Waals surface area contributed by atoms with Crippen molar-refractivity contribution in [3.8, 4) is 27.9 Å². The van der Waals surface area contributed by atoms with Gasteiger partial charge in [-0.15, -0.1) is 0 Å². The number of hydrogen-bond acceptors (Lipinski definition) is 2. The second-order valence-corrected chi connectivity index (χ2v) is 15.5. The van der Waals surface area contributed by atoms with Crippen LogP contribution in [0.2, 0.25) is 0 Å². The maximum absolute atomic E-state index is 6.27. The predicted molar refractivity (Wildman–Crippen MR) is 232 cm³/mol. The molecule has 8 aromatic carbocycles. The van der Waals surface area contributed by atoms with Gasteiger partial charge in [-0.25, -0.2) is 0 Å². The number of aromatic nitrogens is 1. The third-order valence-corrected chi connectivity index (χ3v) is 11.0. The Balaban J connectivity index is 1.14. The van der Waals surface area contributed by atoms with E-state index < -0.39 is 0 Å². The van der Waals surface area contributed by atoms with Gasteiger partial charge < -0.3 is 13.9 Å². The van der Waals surface area contributed by atoms with Crippen molar-refractivity contribution in [3.05, 3.63) is 194 Å². The Kier molecular flexibility index (Phi) is 7.71. The molecule has 264 valence electrons. The molecule has 0 bridgehead atoms. The van der Waals surface area contributed by atoms with Crippen LogP contribution in [-0.4, -0.2) is 4.57 Å². The molecule has 3 nitrogen and oxygen atoms in total. The Morgan fingerprint density at radius 1 is 0.400 bits per heavy atom. The minimum absolute atomic E-state index is 0.0305. The van der Waals surface area contributed by atoms with E-state index >= 15 is 0 Å². The lowest BCUT2D eigenvalue weighted by Crippen LogP contribution is -2.11. The van der Waals surface area contributed by atoms with Gasteiger partial charge in [0.25, 0.3) is 0 Å². The zero-order chi connectivity index (χ0) is 37.1. The molecule has 0 aliphatic heterocycles. The van der Waals surface area contributed by atoms with Gasteiger partial charge in [0.2, 0.25) is 0 Å². The summed E-state index contributed by atoms with van der Waals surface area (Å²) in [5.41, 5.74) is 14.7. The Hall–Kier alpha value is -6.84. The Labute approximate surface area is 321 Å². The molecule has 0 atom stereocenters. The molecule has 0 amide bonds. The Bertz CT molecular complexity index is 3000. The smallest absolute Gasteiger partial charge is 0.135 e. The van der Waals surface area contributed by atoms with E-state index in [1.54, 1.807) is 0 Å². The molecule has 0 fully saturated rings. The number of benzene rings is 8. The van der Waals surface area contributed by atoms with Gasteiger partial charge in [-0.3, -0.25) is 0 Å². The van der Waals surface area contributed by atoms with E-state index in [1.807, 2.05) is 12.1 Å². The number of anilines is 3. The molecule has 55 heavy (non-hydrogen) atoms. The summed E-state index contributed by atoms with van der Waals surface area (Å²) < 4.78 is 8.69. The second-order valence-electron chi connectivity index (χ2n) is 15.5. The van der Waals surface area contributed by atoms with Crippen LogP contribution in [0.15, 0.2) is 192 Å². The van der Waals surface area contributed by atoms with Crippen LogP contribution in [0.5, 0.6) is 0 Å². The monoisotopic (exact) mass is 708 g/mol. The zero-order valence-electron chi connectivity index (χ0n) is 31.2. The molecule has 0 saturated heterocycles. The minimum atomic E-state index is 0.0305. The minimum Gasteiger partial charge on any atom is -0.456 e. The molecule has 0 radical (unpaired) electrons. The van der Waals surface area contributed by atoms with Crippen LogP contribution >= 0.6 is 0 Å². The summed E-state index contributed by atoms with van der Waals surface area (Å²) in [6.07, 6.45) is 0. The highest BCUT2D eigenvalue weighted by Crippen LogP contribution is 2.42. The maximum atomic E-state index is 6.27. The fraction of sp³-hybridized carbons (Fsp3) is 0.0769. The molecule has 0 N–H and O–H groups in total. The van der Waals surface area contributed by atoms with Crippen molar-refractivity contribution < 1.29 is 4.42 Å². The third kappa shape index (κ3) is 5.77. The molecule has 0 aliphatic carbocycles. The van der Waals surface area contributed by atoms with E-state index in [4.69, 9.17) is 4.42 Å². The molecular weight excluding hydrogens is 669 g/mol. The van der Waals surface area contributed by atoms with Crippen LogP contribution in [0.4, 0.5) is 17.1 Å². The molecule has 0 unspecified atom stereocenters. The SMILES string of the molecule is CC(C)(C)c1cccc(-n2c3ccccc3c3ccc(N(c4ccc(-c5ccc(-c6ccccc6)cc5)cc4)c4ccc5oc6ccccc6c5c4)cc32)c1. The van der Waals surface area contributed by atoms with E-state index in [-0.39, 0.29) is 5.41 Å². The van der Waals surface area contributed by atoms with Gasteiger partial charge in [0.05, 0.1) is 11.0 Å². The molecular formula is C52H40N2O. The quantitative estimate of drug-likeness (QED) is 0.171. The lowest BCUT2D eigenvalue weighted by molar-refractivity contribution is 0.590. The van der Waals surface area contributed by atoms with E-state index in [2.05, 4.69) is 206 Å². The van der Waals surface area contributed by atoms with Crippen molar-refractivity contribution >= 4 is 60.8 Å². The van der Waals surface area contributed by atoms with Gasteiger partial charge >= 0.3 is 0 Å². The van der Waals surface area contributed by atoms with Crippen molar-refractivity contribution in [1.82, 2.24) is 4.57 Å². The van der Waals surface area contributed by atoms with E-state index in [1.165, 1.54) is 49.6 Å². The lowest BCUT2D eigenvalue weighted by atomic mass is 9.87. The highest BCUT2D eigenvalue weighted by atomic mass is 16.3. The van der Waals surface area contributed by atoms with E-state index in [9.17, 15) is 0 Å². The third-order valence-electron chi connectivity index (χ3n) is 11.0. The van der Waals surface area contributed by atoms with Gasteiger partial charge in [0.15, 0.2) is 0 Å². The fourth-order valence-electron chi connectivity index (χ4n) is 8.08. The van der Waals surface area contributed by atoms with E-state index in [0.717, 1.165) is 44.7 Å². The van der Waals surface area contributed by atoms with Crippen LogP contribution < -0.4 is 4.90 Å². The number of nitrogens with zero attached hydrogens (tertiary/aromatic N) is 2. The van der Waals surface area contributed by atoms with Gasteiger partial charge in [0.1, 0.15) is 11.2 Å². The molecule has 2 heterocycles. The lowest BCUT2D eigenvalue weighted by Gasteiger charge is -2.26. The second kappa shape index (κ2) is 12.9. The Morgan fingerprint density at radius 2 is 0.964 bits per heavy atom. The van der Waals surface area contributed by atoms with Gasteiger partial charge in [-0.1, -0.05) is 142 Å². The molecule has 10 aromatic rings. The van der Waals surface area contributed by atoms with Crippen molar-refractivity contribution in [1.29, 1.82) is 0 Å². The van der Waals surface area contributed by atoms with Gasteiger partial charge in [-0.2, -0.15) is 0 Å². The zero-order valence-corrected chi connectivity index (χ0v) is 31.2. The average Bonchev–Trinajstić information content (AvgIpc) is 3.76. The molecule has 0 saturated carbocycles. The summed E-state index contributed by atoms with van der Waals surface area (Å²) in [6.45, 7) is 6.83. The first-order valence-electron chi connectivity index (χ1n) is 19.0. The summed E-state index contributed by atoms with van der Waals surface area (Å²) in [7, 11) is 0. The highest BCUT2D eigenvalue weighted by Gasteiger charge is 2.20. The predicted octanol–water partition coefficient (Wildman–Crippen LogP) is 14.8. The number of para-hydroxylation sites is 2. The van der Waals surface area contributed by atoms with Crippen molar-refractivity contribution in [3.63, 3.8) is 0 Å². The number of furan rings is 1. The van der Waals surface area contributed by atoms with Crippen LogP contribution in [0.1, 0.15) is 26.3 Å². The standard InChI is InChI=1S/C52H40N2O/c1-52(2,3)39-14-11-15-41(32-39)54-48-18-9-7-16-44(48)45-30-28-43(34-49(45)54)53(42-29-31-51-47(33-42)46-17-8-10-19-50(46)55-51)40-26-24-38(25-27-40)37-22-20-36(21-23-37)35-12-5-4-6-13-35/h4-34H,1-3H3. The molecule has 10 rings (SSSR count). The largest absolute Gasteiger partial charge is 0.456 e. The first-order chi connectivity index (χ1) is 26.9. The first kappa shape index (κ1) is 32.8. The molecule has 2 aromatic heterocycles. The summed E-state index contributed by atoms with van der Waals surface area (Å²) in [5.74, 6) is 0. The number of rotatable bonds is 6. The average molecular weight is 709 g/mol. The molecule has 3 heteroatoms. The number of hydrogen-bond donors (Lipinski definition) is 0. The Morgan fingerprint density at radius 3 is 1.71 bits per heavy atom. The van der Waals surface area contributed by atoms with Crippen LogP contribution in [0, 0.1) is 0 Å². The number of fused-ring (bicyclic) bond motifs is 6. The van der Waals surface area contributed by atoms with Crippen LogP contribution in [0.3, 0.4) is 0 Å². The van der Waals surface area contributed by atoms with Crippen LogP contribution in [0.25, 0.3) is 71.7 Å². The summed E-state index contributed by atoms with van der Waals surface area (Å²) >= 11 is 0. The normalized spacial score (nSPS) is 11.9. The highest BCUT2D eigenvalue weighted by molar-refractivity contribution is 6.11. The summed E-state index contributed by atoms with van der Waals surface area (Å²) in [4.78, 5) is 2.37. The molecule has 0 spiro atoms. The maximum Gasteiger partial charge on any atom is 0.135 e. The summed E-state index contributed by atoms with van der Waals surface area (Å²) in [5, 5.41) is 4.68. The van der Waals surface area contributed by atoms with E-state index in [0.29, 0.717) is 0 Å². The summed E-state index contributed by atoms with van der Waals surface area (Å²) in [6, 6.07) is 67.8. The van der Waals surface area contributed by atoms with Crippen molar-refractivity contribution in [2.24, 2.45) is 0 Å². The van der Waals surface area contributed by atoms with Gasteiger partial charge in [0, 0.05) is 44.3 Å². The van der Waals surface area contributed by atoms with Crippen LogP contribution in [-0.2, 0) is 5.41 Å². The fourth-order valence-corrected chi connectivity index (χ4v) is 8.08. The first-order valence-corrected chi connectivity index (χ1v) is 19.0. The topological polar surface area (TPSA) is 21.3 Å². The van der Waals surface area contributed by atoms with Crippen molar-refractivity contribution in [2.45, 2.75) is 26.2 Å².